The van der Waals surface area contributed by atoms with Crippen LogP contribution >= 0.6 is 0 Å². The summed E-state index contributed by atoms with van der Waals surface area (Å²) in [6, 6.07) is 3.25. The van der Waals surface area contributed by atoms with Gasteiger partial charge in [0.1, 0.15) is 5.60 Å². The standard InChI is InChI=1S/C11H15NO4/c1-15-8-3-7(11(14)5-12-6-11)4-9(16-2)10(8)13/h3-4,12-14H,5-6H2,1-2H3. The molecular formula is C11H15NO4. The number of hydrogen-bond acceptors (Lipinski definition) is 5. The van der Waals surface area contributed by atoms with E-state index in [1.54, 1.807) is 12.1 Å². The van der Waals surface area contributed by atoms with E-state index < -0.39 is 5.60 Å². The van der Waals surface area contributed by atoms with Gasteiger partial charge in [-0.15, -0.1) is 0 Å². The Kier molecular flexibility index (Phi) is 2.65. The first-order chi connectivity index (χ1) is 7.60. The van der Waals surface area contributed by atoms with Crippen LogP contribution in [-0.2, 0) is 5.60 Å². The predicted octanol–water partition coefficient (Wildman–Crippen LogP) is 0.200. The van der Waals surface area contributed by atoms with Crippen LogP contribution < -0.4 is 14.8 Å². The molecule has 2 rings (SSSR count). The van der Waals surface area contributed by atoms with E-state index in [9.17, 15) is 10.2 Å². The van der Waals surface area contributed by atoms with Crippen molar-refractivity contribution in [2.24, 2.45) is 0 Å². The summed E-state index contributed by atoms with van der Waals surface area (Å²) in [6.45, 7) is 0.980. The van der Waals surface area contributed by atoms with Crippen LogP contribution in [0.5, 0.6) is 17.2 Å². The first kappa shape index (κ1) is 11.0. The van der Waals surface area contributed by atoms with Gasteiger partial charge in [0.25, 0.3) is 0 Å². The summed E-state index contributed by atoms with van der Waals surface area (Å²) in [5.74, 6) is 0.550. The van der Waals surface area contributed by atoms with Crippen molar-refractivity contribution in [2.75, 3.05) is 27.3 Å². The molecule has 1 aromatic rings. The summed E-state index contributed by atoms with van der Waals surface area (Å²) in [6.07, 6.45) is 0. The van der Waals surface area contributed by atoms with Crippen molar-refractivity contribution in [3.05, 3.63) is 17.7 Å². The third-order valence-electron chi connectivity index (χ3n) is 2.85. The molecule has 1 heterocycles. The molecule has 0 unspecified atom stereocenters. The van der Waals surface area contributed by atoms with Crippen LogP contribution in [0, 0.1) is 0 Å². The van der Waals surface area contributed by atoms with E-state index >= 15 is 0 Å². The quantitative estimate of drug-likeness (QED) is 0.685. The van der Waals surface area contributed by atoms with Gasteiger partial charge in [-0.1, -0.05) is 0 Å². The Morgan fingerprint density at radius 1 is 1.19 bits per heavy atom. The molecule has 0 saturated carbocycles. The average Bonchev–Trinajstić information content (AvgIpc) is 2.26. The molecule has 0 radical (unpaired) electrons. The minimum Gasteiger partial charge on any atom is -0.502 e. The molecule has 1 fully saturated rings. The summed E-state index contributed by atoms with van der Waals surface area (Å²) < 4.78 is 10.1. The van der Waals surface area contributed by atoms with E-state index in [1.165, 1.54) is 14.2 Å². The molecule has 0 spiro atoms. The third-order valence-corrected chi connectivity index (χ3v) is 2.85. The molecule has 0 amide bonds. The monoisotopic (exact) mass is 225 g/mol. The second-order valence-electron chi connectivity index (χ2n) is 3.86. The summed E-state index contributed by atoms with van der Waals surface area (Å²) in [5, 5.41) is 22.9. The average molecular weight is 225 g/mol. The molecule has 0 bridgehead atoms. The lowest BCUT2D eigenvalue weighted by Crippen LogP contribution is -2.56. The van der Waals surface area contributed by atoms with Crippen LogP contribution in [-0.4, -0.2) is 37.5 Å². The fourth-order valence-corrected chi connectivity index (χ4v) is 1.73. The first-order valence-electron chi connectivity index (χ1n) is 4.99. The molecule has 0 atom stereocenters. The lowest BCUT2D eigenvalue weighted by Gasteiger charge is -2.38. The number of aromatic hydroxyl groups is 1. The molecule has 88 valence electrons. The number of benzene rings is 1. The SMILES string of the molecule is COc1cc(C2(O)CNC2)cc(OC)c1O. The lowest BCUT2D eigenvalue weighted by molar-refractivity contribution is -0.0150. The Morgan fingerprint density at radius 3 is 2.00 bits per heavy atom. The predicted molar refractivity (Wildman–Crippen MR) is 58.0 cm³/mol. The molecule has 1 aliphatic heterocycles. The van der Waals surface area contributed by atoms with Gasteiger partial charge in [-0.3, -0.25) is 0 Å². The molecular weight excluding hydrogens is 210 g/mol. The van der Waals surface area contributed by atoms with Gasteiger partial charge in [0, 0.05) is 13.1 Å². The fraction of sp³-hybridized carbons (Fsp3) is 0.455. The number of hydrogen-bond donors (Lipinski definition) is 3. The summed E-state index contributed by atoms with van der Waals surface area (Å²) in [4.78, 5) is 0. The zero-order chi connectivity index (χ0) is 11.8. The van der Waals surface area contributed by atoms with Crippen molar-refractivity contribution < 1.29 is 19.7 Å². The van der Waals surface area contributed by atoms with E-state index in [1.807, 2.05) is 0 Å². The van der Waals surface area contributed by atoms with E-state index in [4.69, 9.17) is 9.47 Å². The smallest absolute Gasteiger partial charge is 0.200 e. The topological polar surface area (TPSA) is 71.0 Å². The maximum Gasteiger partial charge on any atom is 0.200 e. The molecule has 0 aromatic heterocycles. The molecule has 5 heteroatoms. The Morgan fingerprint density at radius 2 is 1.69 bits per heavy atom. The number of aliphatic hydroxyl groups is 1. The van der Waals surface area contributed by atoms with Gasteiger partial charge in [-0.25, -0.2) is 0 Å². The highest BCUT2D eigenvalue weighted by molar-refractivity contribution is 5.54. The second-order valence-corrected chi connectivity index (χ2v) is 3.86. The van der Waals surface area contributed by atoms with E-state index in [0.29, 0.717) is 30.2 Å². The summed E-state index contributed by atoms with van der Waals surface area (Å²) in [7, 11) is 2.92. The van der Waals surface area contributed by atoms with Gasteiger partial charge < -0.3 is 25.0 Å². The van der Waals surface area contributed by atoms with Crippen LogP contribution in [0.1, 0.15) is 5.56 Å². The van der Waals surface area contributed by atoms with Crippen molar-refractivity contribution in [3.8, 4) is 17.2 Å². The van der Waals surface area contributed by atoms with Gasteiger partial charge in [0.15, 0.2) is 11.5 Å². The number of methoxy groups -OCH3 is 2. The van der Waals surface area contributed by atoms with Crippen LogP contribution in [0.3, 0.4) is 0 Å². The molecule has 16 heavy (non-hydrogen) atoms. The molecule has 1 aliphatic rings. The van der Waals surface area contributed by atoms with Crippen molar-refractivity contribution >= 4 is 0 Å². The summed E-state index contributed by atoms with van der Waals surface area (Å²) >= 11 is 0. The van der Waals surface area contributed by atoms with E-state index in [0.717, 1.165) is 0 Å². The highest BCUT2D eigenvalue weighted by Gasteiger charge is 2.37. The van der Waals surface area contributed by atoms with Crippen molar-refractivity contribution in [2.45, 2.75) is 5.60 Å². The van der Waals surface area contributed by atoms with Crippen LogP contribution in [0.2, 0.25) is 0 Å². The second kappa shape index (κ2) is 3.84. The number of phenolic OH excluding ortho intramolecular Hbond substituents is 1. The first-order valence-corrected chi connectivity index (χ1v) is 4.99. The van der Waals surface area contributed by atoms with Crippen molar-refractivity contribution in [1.82, 2.24) is 5.32 Å². The molecule has 0 aliphatic carbocycles. The largest absolute Gasteiger partial charge is 0.502 e. The zero-order valence-corrected chi connectivity index (χ0v) is 9.28. The number of β-amino-alcohol motifs (C(OH)–C–C–N with tert-alkyl or cyclic N) is 1. The lowest BCUT2D eigenvalue weighted by atomic mass is 9.88. The number of nitrogens with one attached hydrogen (secondary N) is 1. The van der Waals surface area contributed by atoms with Crippen molar-refractivity contribution in [3.63, 3.8) is 0 Å². The highest BCUT2D eigenvalue weighted by Crippen LogP contribution is 2.40. The molecule has 1 aromatic carbocycles. The fourth-order valence-electron chi connectivity index (χ4n) is 1.73. The zero-order valence-electron chi connectivity index (χ0n) is 9.28. The molecule has 1 saturated heterocycles. The Bertz CT molecular complexity index is 376. The Balaban J connectivity index is 2.46. The minimum atomic E-state index is -0.895. The number of ether oxygens (including phenoxy) is 2. The number of rotatable bonds is 3. The van der Waals surface area contributed by atoms with Gasteiger partial charge in [0.2, 0.25) is 5.75 Å². The molecule has 5 nitrogen and oxygen atoms in total. The highest BCUT2D eigenvalue weighted by atomic mass is 16.5. The Labute approximate surface area is 93.6 Å². The van der Waals surface area contributed by atoms with Crippen LogP contribution in [0.15, 0.2) is 12.1 Å². The van der Waals surface area contributed by atoms with Gasteiger partial charge >= 0.3 is 0 Å². The maximum absolute atomic E-state index is 10.2. The van der Waals surface area contributed by atoms with Crippen molar-refractivity contribution in [1.29, 1.82) is 0 Å². The van der Waals surface area contributed by atoms with E-state index in [2.05, 4.69) is 5.32 Å². The third kappa shape index (κ3) is 1.58. The molecule has 3 N–H and O–H groups in total. The van der Waals surface area contributed by atoms with Gasteiger partial charge in [-0.05, 0) is 17.7 Å². The Hall–Kier alpha value is -1.46. The van der Waals surface area contributed by atoms with Gasteiger partial charge in [-0.2, -0.15) is 0 Å². The minimum absolute atomic E-state index is 0.0513. The number of phenols is 1. The van der Waals surface area contributed by atoms with E-state index in [-0.39, 0.29) is 5.75 Å². The van der Waals surface area contributed by atoms with Gasteiger partial charge in [0.05, 0.1) is 14.2 Å². The normalized spacial score (nSPS) is 17.7. The van der Waals surface area contributed by atoms with Crippen LogP contribution in [0.25, 0.3) is 0 Å². The maximum atomic E-state index is 10.2. The summed E-state index contributed by atoms with van der Waals surface area (Å²) in [5.41, 5.74) is -0.216. The van der Waals surface area contributed by atoms with Crippen LogP contribution in [0.4, 0.5) is 0 Å².